The van der Waals surface area contributed by atoms with Crippen molar-refractivity contribution in [1.82, 2.24) is 9.13 Å². The predicted molar refractivity (Wildman–Crippen MR) is 233 cm³/mol. The average Bonchev–Trinajstić information content (AvgIpc) is 3.77. The third kappa shape index (κ3) is 16.6. The summed E-state index contributed by atoms with van der Waals surface area (Å²) in [7, 11) is 0. The second-order valence-corrected chi connectivity index (χ2v) is 17.3. The van der Waals surface area contributed by atoms with Gasteiger partial charge in [0.25, 0.3) is 0 Å². The molecule has 0 spiro atoms. The number of fused-ring (bicyclic) bond motifs is 2. The van der Waals surface area contributed by atoms with Gasteiger partial charge in [0.15, 0.2) is 5.78 Å². The van der Waals surface area contributed by atoms with Crippen molar-refractivity contribution >= 4 is 27.6 Å². The number of nitrogens with zero attached hydrogens (tertiary/aromatic N) is 2. The predicted octanol–water partition coefficient (Wildman–Crippen LogP) is 16.9. The molecule has 372 valence electrons. The Morgan fingerprint density at radius 1 is 0.485 bits per heavy atom. The molecule has 0 aliphatic carbocycles. The summed E-state index contributed by atoms with van der Waals surface area (Å²) in [5.41, 5.74) is -0.752. The Balaban J connectivity index is 1.59. The van der Waals surface area contributed by atoms with Crippen LogP contribution in [-0.4, -0.2) is 52.8 Å². The fourth-order valence-corrected chi connectivity index (χ4v) is 8.55. The summed E-state index contributed by atoms with van der Waals surface area (Å²) in [6.45, 7) is 4.52. The number of para-hydroxylation sites is 2. The Kier molecular flexibility index (Phi) is 21.0. The molecule has 2 atom stereocenters. The standard InChI is InChI=1S/C49H64F12N2O3/c1-3-5-29-62-33-37(35-23-21-25-39(43(35)62)65-31-19-15-11-7-9-13-17-27-46(50,51)52)41(48(56,57)58)45(64)42(49(59,60)61)38-34-63(30-6-4-2)44-36(38)24-22-26-40(44)66-32-20-16-12-8-10-14-18-28-47(53,54)55/h21-26,33-34,41-42H,3-20,27-32H2,1-2H3. The van der Waals surface area contributed by atoms with Crippen molar-refractivity contribution < 1.29 is 67.0 Å². The molecular weight excluding hydrogens is 893 g/mol. The van der Waals surface area contributed by atoms with E-state index in [1.165, 1.54) is 33.4 Å². The van der Waals surface area contributed by atoms with Crippen molar-refractivity contribution in [3.05, 3.63) is 59.9 Å². The molecule has 0 fully saturated rings. The lowest BCUT2D eigenvalue weighted by Crippen LogP contribution is -2.38. The molecule has 4 aromatic rings. The van der Waals surface area contributed by atoms with Gasteiger partial charge >= 0.3 is 24.7 Å². The Morgan fingerprint density at radius 2 is 0.818 bits per heavy atom. The summed E-state index contributed by atoms with van der Waals surface area (Å²) in [4.78, 5) is 14.4. The fraction of sp³-hybridized carbons (Fsp3) is 0.653. The molecule has 0 saturated carbocycles. The van der Waals surface area contributed by atoms with E-state index in [0.717, 1.165) is 38.1 Å². The van der Waals surface area contributed by atoms with Crippen LogP contribution < -0.4 is 9.47 Å². The molecule has 5 nitrogen and oxygen atoms in total. The van der Waals surface area contributed by atoms with Crippen LogP contribution in [0.15, 0.2) is 48.8 Å². The Morgan fingerprint density at radius 3 is 1.14 bits per heavy atom. The van der Waals surface area contributed by atoms with Crippen molar-refractivity contribution in [2.45, 2.75) is 192 Å². The number of aromatic nitrogens is 2. The largest absolute Gasteiger partial charge is 0.491 e. The molecular formula is C49H64F12N2O3. The number of Topliss-reactive ketones (excluding diaryl/α,β-unsaturated/α-hetero) is 1. The highest BCUT2D eigenvalue weighted by Crippen LogP contribution is 2.49. The van der Waals surface area contributed by atoms with Crippen LogP contribution in [0, 0.1) is 0 Å². The Labute approximate surface area is 379 Å². The minimum Gasteiger partial charge on any atom is -0.491 e. The molecule has 2 aromatic carbocycles. The number of rotatable bonds is 30. The molecule has 0 radical (unpaired) electrons. The second kappa shape index (κ2) is 25.4. The number of ketones is 1. The summed E-state index contributed by atoms with van der Waals surface area (Å²) in [5, 5.41) is -0.108. The van der Waals surface area contributed by atoms with E-state index in [2.05, 4.69) is 0 Å². The molecule has 4 rings (SSSR count). The van der Waals surface area contributed by atoms with Crippen LogP contribution in [0.5, 0.6) is 11.5 Å². The van der Waals surface area contributed by atoms with Crippen molar-refractivity contribution in [2.24, 2.45) is 0 Å². The highest BCUT2D eigenvalue weighted by Gasteiger charge is 2.56. The van der Waals surface area contributed by atoms with Crippen LogP contribution in [0.2, 0.25) is 0 Å². The molecule has 0 aliphatic rings. The number of aryl methyl sites for hydroxylation is 2. The monoisotopic (exact) mass is 956 g/mol. The molecule has 66 heavy (non-hydrogen) atoms. The fourth-order valence-electron chi connectivity index (χ4n) is 8.55. The lowest BCUT2D eigenvalue weighted by atomic mass is 9.82. The summed E-state index contributed by atoms with van der Waals surface area (Å²) in [5.74, 6) is -7.94. The van der Waals surface area contributed by atoms with Gasteiger partial charge in [0.1, 0.15) is 23.3 Å². The molecule has 0 saturated heterocycles. The number of ether oxygens (including phenoxy) is 2. The minimum absolute atomic E-state index is 0.0541. The summed E-state index contributed by atoms with van der Waals surface area (Å²) in [6, 6.07) is 8.72. The third-order valence-corrected chi connectivity index (χ3v) is 11.9. The van der Waals surface area contributed by atoms with E-state index < -0.39 is 66.3 Å². The van der Waals surface area contributed by atoms with Gasteiger partial charge in [0.2, 0.25) is 0 Å². The number of benzene rings is 2. The first-order valence-corrected chi connectivity index (χ1v) is 23.5. The first-order chi connectivity index (χ1) is 31.2. The Bertz CT molecular complexity index is 1920. The lowest BCUT2D eigenvalue weighted by molar-refractivity contribution is -0.183. The van der Waals surface area contributed by atoms with Crippen molar-refractivity contribution in [3.8, 4) is 11.5 Å². The summed E-state index contributed by atoms with van der Waals surface area (Å²) < 4.78 is 182. The maximum Gasteiger partial charge on any atom is 0.402 e. The topological polar surface area (TPSA) is 45.4 Å². The van der Waals surface area contributed by atoms with Gasteiger partial charge in [0.05, 0.1) is 24.2 Å². The molecule has 0 N–H and O–H groups in total. The van der Waals surface area contributed by atoms with Gasteiger partial charge in [0, 0.05) is 49.1 Å². The van der Waals surface area contributed by atoms with Crippen LogP contribution in [-0.2, 0) is 17.9 Å². The van der Waals surface area contributed by atoms with Gasteiger partial charge in [-0.3, -0.25) is 4.79 Å². The number of halogens is 12. The zero-order valence-electron chi connectivity index (χ0n) is 37.9. The molecule has 17 heteroatoms. The number of carbonyl (C=O) groups excluding carboxylic acids is 1. The first-order valence-electron chi connectivity index (χ1n) is 23.5. The van der Waals surface area contributed by atoms with Crippen molar-refractivity contribution in [1.29, 1.82) is 0 Å². The molecule has 0 bridgehead atoms. The minimum atomic E-state index is -5.42. The highest BCUT2D eigenvalue weighted by molar-refractivity contribution is 6.02. The number of hydrogen-bond donors (Lipinski definition) is 0. The van der Waals surface area contributed by atoms with Gasteiger partial charge in [-0.25, -0.2) is 0 Å². The van der Waals surface area contributed by atoms with Gasteiger partial charge in [-0.2, -0.15) is 52.7 Å². The second-order valence-electron chi connectivity index (χ2n) is 17.3. The number of alkyl halides is 12. The summed E-state index contributed by atoms with van der Waals surface area (Å²) >= 11 is 0. The van der Waals surface area contributed by atoms with Crippen LogP contribution in [0.4, 0.5) is 52.7 Å². The van der Waals surface area contributed by atoms with E-state index in [0.29, 0.717) is 77.0 Å². The van der Waals surface area contributed by atoms with Gasteiger partial charge in [-0.05, 0) is 61.8 Å². The lowest BCUT2D eigenvalue weighted by Gasteiger charge is -2.26. The Hall–Kier alpha value is -4.05. The van der Waals surface area contributed by atoms with Crippen LogP contribution in [0.1, 0.15) is 165 Å². The van der Waals surface area contributed by atoms with Gasteiger partial charge in [-0.1, -0.05) is 115 Å². The SMILES string of the molecule is CCCCn1cc(C(C(=O)C(c2cn(CCCC)c3c(OCCCCCCCCCC(F)(F)F)cccc23)C(F)(F)F)C(F)(F)F)c2cccc(OCCCCCCCCCC(F)(F)F)c21. The van der Waals surface area contributed by atoms with E-state index in [9.17, 15) is 31.1 Å². The molecule has 2 unspecified atom stereocenters. The van der Waals surface area contributed by atoms with Gasteiger partial charge in [-0.15, -0.1) is 0 Å². The van der Waals surface area contributed by atoms with Crippen LogP contribution in [0.3, 0.4) is 0 Å². The van der Waals surface area contributed by atoms with E-state index >= 15 is 26.3 Å². The number of unbranched alkanes of at least 4 members (excludes halogenated alkanes) is 14. The van der Waals surface area contributed by atoms with E-state index in [1.54, 1.807) is 12.1 Å². The quantitative estimate of drug-likeness (QED) is 0.0386. The zero-order chi connectivity index (χ0) is 48.5. The normalized spacial score (nSPS) is 13.8. The van der Waals surface area contributed by atoms with E-state index in [1.807, 2.05) is 13.8 Å². The first kappa shape index (κ1) is 54.6. The third-order valence-electron chi connectivity index (χ3n) is 11.9. The number of hydrogen-bond acceptors (Lipinski definition) is 3. The highest BCUT2D eigenvalue weighted by atomic mass is 19.4. The molecule has 0 amide bonds. The van der Waals surface area contributed by atoms with Crippen LogP contribution >= 0.6 is 0 Å². The molecule has 2 heterocycles. The zero-order valence-corrected chi connectivity index (χ0v) is 37.9. The summed E-state index contributed by atoms with van der Waals surface area (Å²) in [6.07, 6.45) is -8.37. The molecule has 0 aliphatic heterocycles. The van der Waals surface area contributed by atoms with E-state index in [-0.39, 0.29) is 72.4 Å². The van der Waals surface area contributed by atoms with Crippen molar-refractivity contribution in [3.63, 3.8) is 0 Å². The maximum absolute atomic E-state index is 15.4. The van der Waals surface area contributed by atoms with Gasteiger partial charge < -0.3 is 18.6 Å². The smallest absolute Gasteiger partial charge is 0.402 e. The van der Waals surface area contributed by atoms with Crippen LogP contribution in [0.25, 0.3) is 21.8 Å². The molecule has 2 aromatic heterocycles. The number of carbonyl (C=O) groups is 1. The maximum atomic E-state index is 15.4. The van der Waals surface area contributed by atoms with E-state index in [4.69, 9.17) is 9.47 Å². The van der Waals surface area contributed by atoms with Crippen molar-refractivity contribution in [2.75, 3.05) is 13.2 Å². The average molecular weight is 957 g/mol.